The molecule has 0 heterocycles. The molecule has 1 unspecified atom stereocenters. The van der Waals surface area contributed by atoms with Crippen molar-refractivity contribution < 1.29 is 4.39 Å². The van der Waals surface area contributed by atoms with E-state index in [9.17, 15) is 4.39 Å². The van der Waals surface area contributed by atoms with E-state index in [4.69, 9.17) is 28.9 Å². The van der Waals surface area contributed by atoms with Crippen LogP contribution in [0.25, 0.3) is 0 Å². The zero-order chi connectivity index (χ0) is 10.0. The zero-order valence-electron chi connectivity index (χ0n) is 7.15. The summed E-state index contributed by atoms with van der Waals surface area (Å²) in [5.41, 5.74) is 6.29. The molecule has 1 atom stereocenters. The number of halogens is 3. The quantitative estimate of drug-likeness (QED) is 0.761. The Hall–Kier alpha value is -0.310. The van der Waals surface area contributed by atoms with Crippen molar-refractivity contribution in [3.63, 3.8) is 0 Å². The van der Waals surface area contributed by atoms with Gasteiger partial charge in [0.15, 0.2) is 0 Å². The van der Waals surface area contributed by atoms with Gasteiger partial charge in [0.1, 0.15) is 5.82 Å². The van der Waals surface area contributed by atoms with Crippen LogP contribution in [0.15, 0.2) is 12.1 Å². The van der Waals surface area contributed by atoms with Gasteiger partial charge in [-0.1, -0.05) is 30.1 Å². The van der Waals surface area contributed by atoms with Crippen LogP contribution in [-0.2, 0) is 0 Å². The Morgan fingerprint density at radius 1 is 1.46 bits per heavy atom. The highest BCUT2D eigenvalue weighted by Gasteiger charge is 2.13. The van der Waals surface area contributed by atoms with Crippen LogP contribution in [0.1, 0.15) is 24.9 Å². The minimum atomic E-state index is -0.520. The highest BCUT2D eigenvalue weighted by Crippen LogP contribution is 2.29. The third-order valence-corrected chi connectivity index (χ3v) is 2.48. The van der Waals surface area contributed by atoms with Crippen molar-refractivity contribution in [3.05, 3.63) is 33.6 Å². The average molecular weight is 222 g/mol. The lowest BCUT2D eigenvalue weighted by Crippen LogP contribution is -2.09. The second kappa shape index (κ2) is 4.27. The van der Waals surface area contributed by atoms with E-state index in [-0.39, 0.29) is 11.1 Å². The first kappa shape index (κ1) is 10.8. The maximum absolute atomic E-state index is 13.1. The first-order valence-corrected chi connectivity index (χ1v) is 4.71. The van der Waals surface area contributed by atoms with E-state index < -0.39 is 5.82 Å². The van der Waals surface area contributed by atoms with Gasteiger partial charge in [-0.25, -0.2) is 4.39 Å². The summed E-state index contributed by atoms with van der Waals surface area (Å²) in [5, 5.41) is 0.388. The maximum Gasteiger partial charge on any atom is 0.143 e. The number of nitrogens with two attached hydrogens (primary N) is 1. The molecule has 0 aliphatic heterocycles. The maximum atomic E-state index is 13.1. The van der Waals surface area contributed by atoms with Gasteiger partial charge in [-0.05, 0) is 24.1 Å². The minimum absolute atomic E-state index is 0.0683. The van der Waals surface area contributed by atoms with Crippen molar-refractivity contribution in [2.75, 3.05) is 0 Å². The Balaban J connectivity index is 3.20. The van der Waals surface area contributed by atoms with Crippen LogP contribution in [0.5, 0.6) is 0 Å². The Bertz CT molecular complexity index is 315. The summed E-state index contributed by atoms with van der Waals surface area (Å²) in [4.78, 5) is 0. The van der Waals surface area contributed by atoms with Gasteiger partial charge in [0.25, 0.3) is 0 Å². The van der Waals surface area contributed by atoms with Crippen LogP contribution in [0.2, 0.25) is 10.0 Å². The van der Waals surface area contributed by atoms with Crippen LogP contribution >= 0.6 is 23.2 Å². The van der Waals surface area contributed by atoms with Crippen LogP contribution in [0.4, 0.5) is 4.39 Å². The van der Waals surface area contributed by atoms with E-state index >= 15 is 0 Å². The van der Waals surface area contributed by atoms with Gasteiger partial charge in [-0.2, -0.15) is 0 Å². The first-order chi connectivity index (χ1) is 6.06. The molecule has 0 aromatic heterocycles. The van der Waals surface area contributed by atoms with Crippen molar-refractivity contribution in [1.29, 1.82) is 0 Å². The number of hydrogen-bond donors (Lipinski definition) is 1. The second-order valence-electron chi connectivity index (χ2n) is 2.81. The van der Waals surface area contributed by atoms with Crippen molar-refractivity contribution in [2.45, 2.75) is 19.4 Å². The fourth-order valence-electron chi connectivity index (χ4n) is 1.07. The van der Waals surface area contributed by atoms with E-state index in [1.54, 1.807) is 6.07 Å². The molecule has 0 radical (unpaired) electrons. The minimum Gasteiger partial charge on any atom is -0.324 e. The molecular weight excluding hydrogens is 212 g/mol. The van der Waals surface area contributed by atoms with Crippen molar-refractivity contribution in [1.82, 2.24) is 0 Å². The summed E-state index contributed by atoms with van der Waals surface area (Å²) < 4.78 is 13.1. The SMILES string of the molecule is CCC(N)c1cc(Cl)cc(F)c1Cl. The molecular formula is C9H10Cl2FN. The predicted molar refractivity (Wildman–Crippen MR) is 53.6 cm³/mol. The number of hydrogen-bond acceptors (Lipinski definition) is 1. The molecule has 2 N–H and O–H groups in total. The molecule has 0 bridgehead atoms. The molecule has 1 nitrogen and oxygen atoms in total. The molecule has 0 amide bonds. The topological polar surface area (TPSA) is 26.0 Å². The van der Waals surface area contributed by atoms with Gasteiger partial charge in [0.05, 0.1) is 5.02 Å². The Morgan fingerprint density at radius 2 is 2.08 bits per heavy atom. The molecule has 0 aliphatic carbocycles. The highest BCUT2D eigenvalue weighted by molar-refractivity contribution is 6.33. The van der Waals surface area contributed by atoms with Gasteiger partial charge < -0.3 is 5.73 Å². The largest absolute Gasteiger partial charge is 0.324 e. The molecule has 0 spiro atoms. The highest BCUT2D eigenvalue weighted by atomic mass is 35.5. The van der Waals surface area contributed by atoms with Crippen LogP contribution in [-0.4, -0.2) is 0 Å². The smallest absolute Gasteiger partial charge is 0.143 e. The first-order valence-electron chi connectivity index (χ1n) is 3.96. The summed E-state index contributed by atoms with van der Waals surface area (Å²) in [6.07, 6.45) is 0.694. The molecule has 1 aromatic carbocycles. The standard InChI is InChI=1S/C9H10Cl2FN/c1-2-8(13)6-3-5(10)4-7(12)9(6)11/h3-4,8H,2,13H2,1H3. The van der Waals surface area contributed by atoms with Crippen LogP contribution in [0.3, 0.4) is 0 Å². The zero-order valence-corrected chi connectivity index (χ0v) is 8.66. The van der Waals surface area contributed by atoms with E-state index in [0.29, 0.717) is 17.0 Å². The van der Waals surface area contributed by atoms with Gasteiger partial charge in [-0.3, -0.25) is 0 Å². The summed E-state index contributed by atoms with van der Waals surface area (Å²) in [5.74, 6) is -0.520. The molecule has 0 fully saturated rings. The Labute approximate surface area is 86.6 Å². The van der Waals surface area contributed by atoms with E-state index in [2.05, 4.69) is 0 Å². The lowest BCUT2D eigenvalue weighted by atomic mass is 10.1. The lowest BCUT2D eigenvalue weighted by molar-refractivity contribution is 0.617. The molecule has 13 heavy (non-hydrogen) atoms. The van der Waals surface area contributed by atoms with Crippen LogP contribution in [0, 0.1) is 5.82 Å². The van der Waals surface area contributed by atoms with Crippen molar-refractivity contribution >= 4 is 23.2 Å². The summed E-state index contributed by atoms with van der Waals surface area (Å²) >= 11 is 11.4. The molecule has 1 aromatic rings. The molecule has 72 valence electrons. The molecule has 0 aliphatic rings. The average Bonchev–Trinajstić information content (AvgIpc) is 2.10. The van der Waals surface area contributed by atoms with E-state index in [0.717, 1.165) is 0 Å². The van der Waals surface area contributed by atoms with Crippen molar-refractivity contribution in [2.24, 2.45) is 5.73 Å². The second-order valence-corrected chi connectivity index (χ2v) is 3.62. The Kier molecular flexibility index (Phi) is 3.54. The monoisotopic (exact) mass is 221 g/mol. The third-order valence-electron chi connectivity index (χ3n) is 1.86. The van der Waals surface area contributed by atoms with Gasteiger partial charge in [-0.15, -0.1) is 0 Å². The fraction of sp³-hybridized carbons (Fsp3) is 0.333. The molecule has 4 heteroatoms. The summed E-state index contributed by atoms with van der Waals surface area (Å²) in [6, 6.07) is 2.51. The fourth-order valence-corrected chi connectivity index (χ4v) is 1.53. The van der Waals surface area contributed by atoms with E-state index in [1.165, 1.54) is 6.07 Å². The van der Waals surface area contributed by atoms with E-state index in [1.807, 2.05) is 6.92 Å². The molecule has 0 saturated heterocycles. The number of rotatable bonds is 2. The Morgan fingerprint density at radius 3 is 2.62 bits per heavy atom. The number of benzene rings is 1. The van der Waals surface area contributed by atoms with Gasteiger partial charge in [0.2, 0.25) is 0 Å². The van der Waals surface area contributed by atoms with Crippen molar-refractivity contribution in [3.8, 4) is 0 Å². The predicted octanol–water partition coefficient (Wildman–Crippen LogP) is 3.54. The molecule has 1 rings (SSSR count). The normalized spacial score (nSPS) is 13.0. The summed E-state index contributed by atoms with van der Waals surface area (Å²) in [7, 11) is 0. The van der Waals surface area contributed by atoms with Gasteiger partial charge in [0, 0.05) is 11.1 Å². The molecule has 0 saturated carbocycles. The lowest BCUT2D eigenvalue weighted by Gasteiger charge is -2.11. The van der Waals surface area contributed by atoms with Crippen LogP contribution < -0.4 is 5.73 Å². The third kappa shape index (κ3) is 2.33. The summed E-state index contributed by atoms with van der Waals surface area (Å²) in [6.45, 7) is 1.90. The van der Waals surface area contributed by atoms with Gasteiger partial charge >= 0.3 is 0 Å².